The van der Waals surface area contributed by atoms with Crippen LogP contribution < -0.4 is 15.8 Å². The van der Waals surface area contributed by atoms with Crippen LogP contribution in [0.1, 0.15) is 0 Å². The SMILES string of the molecule is COc1ccc(Cl)c(Nc2cc(Br)c(F)cc2N)c1. The fraction of sp³-hybridized carbons (Fsp3) is 0.0769. The molecule has 0 aliphatic carbocycles. The zero-order valence-electron chi connectivity index (χ0n) is 10.0. The molecule has 19 heavy (non-hydrogen) atoms. The second-order valence-corrected chi connectivity index (χ2v) is 5.09. The van der Waals surface area contributed by atoms with Crippen molar-refractivity contribution in [2.24, 2.45) is 0 Å². The summed E-state index contributed by atoms with van der Waals surface area (Å²) >= 11 is 9.19. The number of methoxy groups -OCH3 is 1. The van der Waals surface area contributed by atoms with E-state index < -0.39 is 5.82 Å². The summed E-state index contributed by atoms with van der Waals surface area (Å²) in [5, 5.41) is 3.56. The van der Waals surface area contributed by atoms with Gasteiger partial charge in [-0.2, -0.15) is 0 Å². The maximum atomic E-state index is 13.3. The molecule has 100 valence electrons. The number of hydrogen-bond acceptors (Lipinski definition) is 3. The van der Waals surface area contributed by atoms with E-state index in [9.17, 15) is 4.39 Å². The smallest absolute Gasteiger partial charge is 0.139 e. The van der Waals surface area contributed by atoms with Crippen LogP contribution in [0.3, 0.4) is 0 Å². The van der Waals surface area contributed by atoms with Crippen LogP contribution in [0.2, 0.25) is 5.02 Å². The lowest BCUT2D eigenvalue weighted by Gasteiger charge is -2.13. The molecule has 0 heterocycles. The monoisotopic (exact) mass is 344 g/mol. The van der Waals surface area contributed by atoms with Crippen molar-refractivity contribution in [2.45, 2.75) is 0 Å². The minimum atomic E-state index is -0.417. The first-order chi connectivity index (χ1) is 9.01. The summed E-state index contributed by atoms with van der Waals surface area (Å²) in [5.74, 6) is 0.242. The Labute approximate surface area is 123 Å². The maximum absolute atomic E-state index is 13.3. The second-order valence-electron chi connectivity index (χ2n) is 3.82. The van der Waals surface area contributed by atoms with Gasteiger partial charge in [-0.25, -0.2) is 4.39 Å². The number of rotatable bonds is 3. The highest BCUT2D eigenvalue weighted by Crippen LogP contribution is 2.33. The molecule has 0 spiro atoms. The van der Waals surface area contributed by atoms with Crippen molar-refractivity contribution in [2.75, 3.05) is 18.2 Å². The summed E-state index contributed by atoms with van der Waals surface area (Å²) < 4.78 is 18.7. The molecule has 0 aliphatic heterocycles. The van der Waals surface area contributed by atoms with Crippen LogP contribution in [0.25, 0.3) is 0 Å². The van der Waals surface area contributed by atoms with E-state index in [1.165, 1.54) is 6.07 Å². The largest absolute Gasteiger partial charge is 0.497 e. The number of nitrogen functional groups attached to an aromatic ring is 1. The van der Waals surface area contributed by atoms with Gasteiger partial charge in [-0.3, -0.25) is 0 Å². The first-order valence-corrected chi connectivity index (χ1v) is 6.53. The van der Waals surface area contributed by atoms with E-state index in [1.807, 2.05) is 0 Å². The molecule has 0 aromatic heterocycles. The molecule has 3 nitrogen and oxygen atoms in total. The van der Waals surface area contributed by atoms with Crippen molar-refractivity contribution >= 4 is 44.6 Å². The van der Waals surface area contributed by atoms with Crippen molar-refractivity contribution in [1.29, 1.82) is 0 Å². The summed E-state index contributed by atoms with van der Waals surface area (Å²) in [6, 6.07) is 7.98. The number of nitrogens with one attached hydrogen (secondary N) is 1. The lowest BCUT2D eigenvalue weighted by molar-refractivity contribution is 0.415. The van der Waals surface area contributed by atoms with E-state index in [0.29, 0.717) is 32.3 Å². The molecule has 2 aromatic rings. The van der Waals surface area contributed by atoms with Crippen LogP contribution in [-0.2, 0) is 0 Å². The van der Waals surface area contributed by atoms with Crippen LogP contribution >= 0.6 is 27.5 Å². The summed E-state index contributed by atoms with van der Waals surface area (Å²) in [4.78, 5) is 0. The third kappa shape index (κ3) is 3.11. The number of anilines is 3. The number of halogens is 3. The van der Waals surface area contributed by atoms with Crippen molar-refractivity contribution in [3.8, 4) is 5.75 Å². The molecule has 0 aliphatic rings. The van der Waals surface area contributed by atoms with E-state index >= 15 is 0 Å². The minimum Gasteiger partial charge on any atom is -0.497 e. The van der Waals surface area contributed by atoms with Crippen LogP contribution in [0.5, 0.6) is 5.75 Å². The number of nitrogens with two attached hydrogens (primary N) is 1. The zero-order chi connectivity index (χ0) is 14.0. The molecule has 0 saturated carbocycles. The Bertz CT molecular complexity index is 622. The van der Waals surface area contributed by atoms with Gasteiger partial charge in [0.2, 0.25) is 0 Å². The van der Waals surface area contributed by atoms with E-state index in [-0.39, 0.29) is 0 Å². The van der Waals surface area contributed by atoms with Gasteiger partial charge in [0.05, 0.1) is 33.7 Å². The molecule has 0 unspecified atom stereocenters. The van der Waals surface area contributed by atoms with E-state index in [4.69, 9.17) is 22.1 Å². The quantitative estimate of drug-likeness (QED) is 0.801. The van der Waals surface area contributed by atoms with Gasteiger partial charge in [-0.05, 0) is 34.1 Å². The molecule has 2 rings (SSSR count). The number of ether oxygens (including phenoxy) is 1. The molecule has 0 bridgehead atoms. The molecule has 0 radical (unpaired) electrons. The Balaban J connectivity index is 2.38. The van der Waals surface area contributed by atoms with E-state index in [0.717, 1.165) is 0 Å². The highest BCUT2D eigenvalue weighted by Gasteiger charge is 2.09. The third-order valence-corrected chi connectivity index (χ3v) is 3.47. The Hall–Kier alpha value is -1.46. The maximum Gasteiger partial charge on any atom is 0.139 e. The minimum absolute atomic E-state index is 0.291. The van der Waals surface area contributed by atoms with Gasteiger partial charge < -0.3 is 15.8 Å². The normalized spacial score (nSPS) is 10.3. The van der Waals surface area contributed by atoms with Crippen molar-refractivity contribution in [1.82, 2.24) is 0 Å². The predicted molar refractivity (Wildman–Crippen MR) is 79.8 cm³/mol. The first kappa shape index (κ1) is 14.0. The fourth-order valence-electron chi connectivity index (χ4n) is 1.54. The fourth-order valence-corrected chi connectivity index (χ4v) is 2.05. The van der Waals surface area contributed by atoms with Crippen molar-refractivity contribution in [3.05, 3.63) is 45.6 Å². The molecular formula is C13H11BrClFN2O. The number of hydrogen-bond donors (Lipinski definition) is 2. The third-order valence-electron chi connectivity index (χ3n) is 2.54. The Kier molecular flexibility index (Phi) is 4.17. The molecule has 0 fully saturated rings. The van der Waals surface area contributed by atoms with Gasteiger partial charge in [0, 0.05) is 12.1 Å². The van der Waals surface area contributed by atoms with Gasteiger partial charge in [0.25, 0.3) is 0 Å². The summed E-state index contributed by atoms with van der Waals surface area (Å²) in [6.45, 7) is 0. The lowest BCUT2D eigenvalue weighted by Crippen LogP contribution is -1.98. The Morgan fingerprint density at radius 1 is 1.26 bits per heavy atom. The molecule has 0 amide bonds. The summed E-state index contributed by atoms with van der Waals surface area (Å²) in [6.07, 6.45) is 0. The molecule has 3 N–H and O–H groups in total. The van der Waals surface area contributed by atoms with Crippen LogP contribution in [0, 0.1) is 5.82 Å². The molecule has 6 heteroatoms. The second kappa shape index (κ2) is 5.67. The summed E-state index contributed by atoms with van der Waals surface area (Å²) in [7, 11) is 1.57. The van der Waals surface area contributed by atoms with Gasteiger partial charge in [0.1, 0.15) is 11.6 Å². The molecular weight excluding hydrogens is 335 g/mol. The zero-order valence-corrected chi connectivity index (χ0v) is 12.3. The van der Waals surface area contributed by atoms with Crippen LogP contribution in [0.15, 0.2) is 34.8 Å². The molecule has 0 atom stereocenters. The van der Waals surface area contributed by atoms with Gasteiger partial charge in [-0.15, -0.1) is 0 Å². The van der Waals surface area contributed by atoms with Gasteiger partial charge in [-0.1, -0.05) is 11.6 Å². The van der Waals surface area contributed by atoms with Gasteiger partial charge in [0.15, 0.2) is 0 Å². The Morgan fingerprint density at radius 3 is 2.68 bits per heavy atom. The number of benzene rings is 2. The van der Waals surface area contributed by atoms with Crippen LogP contribution in [-0.4, -0.2) is 7.11 Å². The highest BCUT2D eigenvalue weighted by atomic mass is 79.9. The predicted octanol–water partition coefficient (Wildman–Crippen LogP) is 4.58. The van der Waals surface area contributed by atoms with E-state index in [2.05, 4.69) is 21.2 Å². The average molecular weight is 346 g/mol. The first-order valence-electron chi connectivity index (χ1n) is 5.36. The van der Waals surface area contributed by atoms with Crippen molar-refractivity contribution in [3.63, 3.8) is 0 Å². The van der Waals surface area contributed by atoms with Crippen molar-refractivity contribution < 1.29 is 9.13 Å². The Morgan fingerprint density at radius 2 is 2.00 bits per heavy atom. The van der Waals surface area contributed by atoms with Gasteiger partial charge >= 0.3 is 0 Å². The molecule has 0 saturated heterocycles. The summed E-state index contributed by atoms with van der Waals surface area (Å²) in [5.41, 5.74) is 7.24. The highest BCUT2D eigenvalue weighted by molar-refractivity contribution is 9.10. The molecule has 2 aromatic carbocycles. The van der Waals surface area contributed by atoms with E-state index in [1.54, 1.807) is 31.4 Å². The average Bonchev–Trinajstić information content (AvgIpc) is 2.38. The topological polar surface area (TPSA) is 47.3 Å². The van der Waals surface area contributed by atoms with Crippen LogP contribution in [0.4, 0.5) is 21.5 Å². The lowest BCUT2D eigenvalue weighted by atomic mass is 10.2. The standard InChI is InChI=1S/C13H11BrClFN2O/c1-19-7-2-3-9(15)12(4-7)18-13-5-8(14)10(16)6-11(13)17/h2-6,18H,17H2,1H3.